The molecule has 0 radical (unpaired) electrons. The highest BCUT2D eigenvalue weighted by atomic mass is 32.2. The first-order valence-corrected chi connectivity index (χ1v) is 11.7. The molecular weight excluding hydrogens is 360 g/mol. The summed E-state index contributed by atoms with van der Waals surface area (Å²) in [7, 11) is -2.94. The van der Waals surface area contributed by atoms with E-state index in [1.54, 1.807) is 0 Å². The number of aromatic nitrogens is 2. The summed E-state index contributed by atoms with van der Waals surface area (Å²) in [6.45, 7) is 3.75. The third kappa shape index (κ3) is 3.68. The van der Waals surface area contributed by atoms with Crippen LogP contribution in [0.5, 0.6) is 0 Å². The van der Waals surface area contributed by atoms with Gasteiger partial charge >= 0.3 is 0 Å². The maximum absolute atomic E-state index is 12.4. The molecule has 2 atom stereocenters. The third-order valence-corrected chi connectivity index (χ3v) is 7.84. The minimum atomic E-state index is -2.94. The van der Waals surface area contributed by atoms with Gasteiger partial charge in [0.2, 0.25) is 0 Å². The predicted octanol–water partition coefficient (Wildman–Crippen LogP) is 1.57. The van der Waals surface area contributed by atoms with Crippen LogP contribution in [-0.2, 0) is 16.4 Å². The molecule has 3 fully saturated rings. The molecule has 144 valence electrons. The van der Waals surface area contributed by atoms with Crippen molar-refractivity contribution in [3.63, 3.8) is 0 Å². The molecule has 1 aliphatic carbocycles. The quantitative estimate of drug-likeness (QED) is 0.781. The van der Waals surface area contributed by atoms with Crippen LogP contribution in [0, 0.1) is 5.92 Å². The first-order chi connectivity index (χ1) is 13.1. The summed E-state index contributed by atoms with van der Waals surface area (Å²) in [4.78, 5) is 4.82. The predicted molar refractivity (Wildman–Crippen MR) is 105 cm³/mol. The van der Waals surface area contributed by atoms with Gasteiger partial charge in [-0.15, -0.1) is 0 Å². The van der Waals surface area contributed by atoms with E-state index in [4.69, 9.17) is 0 Å². The van der Waals surface area contributed by atoms with Crippen molar-refractivity contribution in [3.8, 4) is 5.69 Å². The summed E-state index contributed by atoms with van der Waals surface area (Å²) >= 11 is 0. The zero-order valence-corrected chi connectivity index (χ0v) is 16.3. The van der Waals surface area contributed by atoms with Gasteiger partial charge in [0.1, 0.15) is 0 Å². The molecule has 6 nitrogen and oxygen atoms in total. The van der Waals surface area contributed by atoms with Gasteiger partial charge in [-0.3, -0.25) is 9.80 Å². The van der Waals surface area contributed by atoms with Crippen LogP contribution in [-0.4, -0.2) is 71.2 Å². The first kappa shape index (κ1) is 17.4. The molecule has 1 aromatic carbocycles. The Morgan fingerprint density at radius 2 is 1.70 bits per heavy atom. The molecule has 3 heterocycles. The number of nitrogens with zero attached hydrogens (tertiary/aromatic N) is 4. The van der Waals surface area contributed by atoms with Crippen LogP contribution >= 0.6 is 0 Å². The van der Waals surface area contributed by atoms with Gasteiger partial charge in [-0.25, -0.2) is 13.1 Å². The Bertz CT molecular complexity index is 907. The second-order valence-corrected chi connectivity index (χ2v) is 10.4. The monoisotopic (exact) mass is 386 g/mol. The zero-order valence-electron chi connectivity index (χ0n) is 15.4. The molecular formula is C20H26N4O2S. The van der Waals surface area contributed by atoms with Gasteiger partial charge in [-0.1, -0.05) is 18.2 Å². The largest absolute Gasteiger partial charge is 0.296 e. The molecule has 0 bridgehead atoms. The number of hydrogen-bond donors (Lipinski definition) is 0. The summed E-state index contributed by atoms with van der Waals surface area (Å²) in [5.41, 5.74) is 2.18. The van der Waals surface area contributed by atoms with Crippen molar-refractivity contribution in [1.82, 2.24) is 19.6 Å². The van der Waals surface area contributed by atoms with E-state index in [0.717, 1.165) is 43.3 Å². The molecule has 1 saturated carbocycles. The van der Waals surface area contributed by atoms with Crippen LogP contribution in [0.3, 0.4) is 0 Å². The van der Waals surface area contributed by atoms with Crippen molar-refractivity contribution in [3.05, 3.63) is 48.3 Å². The molecule has 5 rings (SSSR count). The number of benzene rings is 1. The van der Waals surface area contributed by atoms with Gasteiger partial charge < -0.3 is 0 Å². The molecule has 2 aromatic rings. The Morgan fingerprint density at radius 1 is 1.00 bits per heavy atom. The lowest BCUT2D eigenvalue weighted by atomic mass is 10.0. The fourth-order valence-corrected chi connectivity index (χ4v) is 6.59. The van der Waals surface area contributed by atoms with E-state index in [2.05, 4.69) is 21.1 Å². The van der Waals surface area contributed by atoms with Crippen LogP contribution in [0.1, 0.15) is 18.4 Å². The average Bonchev–Trinajstić information content (AvgIpc) is 3.23. The average molecular weight is 387 g/mol. The van der Waals surface area contributed by atoms with Crippen LogP contribution in [0.2, 0.25) is 0 Å². The highest BCUT2D eigenvalue weighted by molar-refractivity contribution is 7.91. The Kier molecular flexibility index (Phi) is 4.33. The zero-order chi connectivity index (χ0) is 18.4. The number of hydrogen-bond acceptors (Lipinski definition) is 5. The lowest BCUT2D eigenvalue weighted by Crippen LogP contribution is -2.59. The Morgan fingerprint density at radius 3 is 2.44 bits per heavy atom. The van der Waals surface area contributed by atoms with Gasteiger partial charge in [-0.2, -0.15) is 5.10 Å². The number of rotatable bonds is 5. The van der Waals surface area contributed by atoms with Crippen molar-refractivity contribution < 1.29 is 8.42 Å². The van der Waals surface area contributed by atoms with Crippen molar-refractivity contribution >= 4 is 9.84 Å². The highest BCUT2D eigenvalue weighted by Crippen LogP contribution is 2.34. The van der Waals surface area contributed by atoms with Crippen molar-refractivity contribution in [2.75, 3.05) is 31.1 Å². The first-order valence-electron chi connectivity index (χ1n) is 9.85. The summed E-state index contributed by atoms with van der Waals surface area (Å²) in [5.74, 6) is 1.42. The Labute approximate surface area is 160 Å². The number of sulfone groups is 1. The van der Waals surface area contributed by atoms with Gasteiger partial charge in [0, 0.05) is 50.0 Å². The van der Waals surface area contributed by atoms with Crippen LogP contribution in [0.25, 0.3) is 5.69 Å². The standard InChI is InChI=1S/C20H26N4O2S/c25-27(26)14-19-20(15-27)23(9-8-22(19)11-16-6-7-16)12-17-10-21-24(13-17)18-4-2-1-3-5-18/h1-5,10,13,16,19-20H,6-9,11-12,14-15H2/t19-,20+/m1/s1. The summed E-state index contributed by atoms with van der Waals surface area (Å²) < 4.78 is 26.6. The van der Waals surface area contributed by atoms with E-state index in [9.17, 15) is 8.42 Å². The second kappa shape index (κ2) is 6.72. The van der Waals surface area contributed by atoms with Gasteiger partial charge in [0.05, 0.1) is 23.4 Å². The van der Waals surface area contributed by atoms with Crippen molar-refractivity contribution in [1.29, 1.82) is 0 Å². The van der Waals surface area contributed by atoms with E-state index >= 15 is 0 Å². The minimum absolute atomic E-state index is 0.113. The maximum atomic E-state index is 12.4. The molecule has 0 spiro atoms. The van der Waals surface area contributed by atoms with Crippen LogP contribution in [0.15, 0.2) is 42.7 Å². The van der Waals surface area contributed by atoms with E-state index in [0.29, 0.717) is 11.5 Å². The molecule has 1 aromatic heterocycles. The fourth-order valence-electron chi connectivity index (χ4n) is 4.55. The highest BCUT2D eigenvalue weighted by Gasteiger charge is 2.47. The molecule has 2 saturated heterocycles. The fraction of sp³-hybridized carbons (Fsp3) is 0.550. The molecule has 7 heteroatoms. The minimum Gasteiger partial charge on any atom is -0.296 e. The third-order valence-electron chi connectivity index (χ3n) is 6.14. The molecule has 0 amide bonds. The lowest BCUT2D eigenvalue weighted by molar-refractivity contribution is 0.0376. The van der Waals surface area contributed by atoms with Crippen LogP contribution in [0.4, 0.5) is 0 Å². The molecule has 0 unspecified atom stereocenters. The van der Waals surface area contributed by atoms with E-state index < -0.39 is 9.84 Å². The Balaban J connectivity index is 1.32. The lowest BCUT2D eigenvalue weighted by Gasteiger charge is -2.44. The van der Waals surface area contributed by atoms with Crippen molar-refractivity contribution in [2.24, 2.45) is 5.92 Å². The smallest absolute Gasteiger partial charge is 0.153 e. The number of para-hydroxylation sites is 1. The molecule has 0 N–H and O–H groups in total. The van der Waals surface area contributed by atoms with Crippen LogP contribution < -0.4 is 0 Å². The van der Waals surface area contributed by atoms with Gasteiger partial charge in [0.15, 0.2) is 9.84 Å². The number of piperazine rings is 1. The SMILES string of the molecule is O=S1(=O)C[C@@H]2[C@H](C1)N(Cc1cnn(-c3ccccc3)c1)CCN2CC1CC1. The molecule has 3 aliphatic rings. The van der Waals surface area contributed by atoms with E-state index in [1.807, 2.05) is 41.2 Å². The maximum Gasteiger partial charge on any atom is 0.153 e. The molecule has 27 heavy (non-hydrogen) atoms. The van der Waals surface area contributed by atoms with E-state index in [1.165, 1.54) is 12.8 Å². The summed E-state index contributed by atoms with van der Waals surface area (Å²) in [5, 5.41) is 4.49. The second-order valence-electron chi connectivity index (χ2n) is 8.25. The summed E-state index contributed by atoms with van der Waals surface area (Å²) in [6.07, 6.45) is 6.58. The van der Waals surface area contributed by atoms with Gasteiger partial charge in [-0.05, 0) is 30.9 Å². The Hall–Kier alpha value is -1.70. The topological polar surface area (TPSA) is 58.4 Å². The van der Waals surface area contributed by atoms with E-state index in [-0.39, 0.29) is 12.1 Å². The van der Waals surface area contributed by atoms with Crippen molar-refractivity contribution in [2.45, 2.75) is 31.5 Å². The molecule has 2 aliphatic heterocycles. The number of fused-ring (bicyclic) bond motifs is 1. The van der Waals surface area contributed by atoms with Gasteiger partial charge in [0.25, 0.3) is 0 Å². The normalized spacial score (nSPS) is 28.3. The summed E-state index contributed by atoms with van der Waals surface area (Å²) in [6, 6.07) is 10.3.